The van der Waals surface area contributed by atoms with Gasteiger partial charge in [0.25, 0.3) is 5.91 Å². The normalized spacial score (nSPS) is 12.6. The first-order chi connectivity index (χ1) is 9.47. The zero-order chi connectivity index (χ0) is 15.1. The lowest BCUT2D eigenvalue weighted by Gasteiger charge is -2.15. The van der Waals surface area contributed by atoms with Crippen molar-refractivity contribution in [2.45, 2.75) is 19.4 Å². The van der Waals surface area contributed by atoms with Crippen molar-refractivity contribution in [3.05, 3.63) is 35.4 Å². The second-order valence-electron chi connectivity index (χ2n) is 4.32. The fourth-order valence-corrected chi connectivity index (χ4v) is 1.57. The Morgan fingerprint density at radius 1 is 1.30 bits per heavy atom. The molecule has 6 nitrogen and oxygen atoms in total. The number of carboxylic acid groups (broad SMARTS) is 1. The van der Waals surface area contributed by atoms with Gasteiger partial charge >= 0.3 is 5.97 Å². The minimum Gasteiger partial charge on any atom is -0.480 e. The van der Waals surface area contributed by atoms with Crippen molar-refractivity contribution < 1.29 is 14.7 Å². The monoisotopic (exact) mass is 271 g/mol. The molecule has 1 amide bonds. The summed E-state index contributed by atoms with van der Waals surface area (Å²) in [4.78, 5) is 22.9. The van der Waals surface area contributed by atoms with Crippen LogP contribution < -0.4 is 5.32 Å². The number of aliphatic carboxylic acids is 1. The molecule has 0 aliphatic carbocycles. The predicted molar refractivity (Wildman–Crippen MR) is 69.4 cm³/mol. The zero-order valence-corrected chi connectivity index (χ0v) is 10.8. The molecule has 2 atom stereocenters. The number of benzene rings is 1. The third-order valence-corrected chi connectivity index (χ3v) is 2.69. The van der Waals surface area contributed by atoms with Crippen LogP contribution in [0.4, 0.5) is 0 Å². The molecule has 1 rings (SSSR count). The molecule has 0 unspecified atom stereocenters. The van der Waals surface area contributed by atoms with E-state index in [9.17, 15) is 9.59 Å². The Morgan fingerprint density at radius 2 is 1.90 bits per heavy atom. The Bertz CT molecular complexity index is 581. The first-order valence-electron chi connectivity index (χ1n) is 5.91. The summed E-state index contributed by atoms with van der Waals surface area (Å²) < 4.78 is 0. The van der Waals surface area contributed by atoms with E-state index in [1.807, 2.05) is 12.1 Å². The lowest BCUT2D eigenvalue weighted by atomic mass is 10.0. The van der Waals surface area contributed by atoms with Gasteiger partial charge in [-0.25, -0.2) is 4.79 Å². The fraction of sp³-hybridized carbons (Fsp3) is 0.286. The predicted octanol–water partition coefficient (Wildman–Crippen LogP) is 1.29. The van der Waals surface area contributed by atoms with E-state index >= 15 is 0 Å². The zero-order valence-electron chi connectivity index (χ0n) is 10.8. The van der Waals surface area contributed by atoms with E-state index in [-0.39, 0.29) is 12.0 Å². The lowest BCUT2D eigenvalue weighted by molar-refractivity contribution is -0.139. The summed E-state index contributed by atoms with van der Waals surface area (Å²) in [7, 11) is 0. The highest BCUT2D eigenvalue weighted by molar-refractivity contribution is 5.96. The van der Waals surface area contributed by atoms with E-state index in [1.165, 1.54) is 24.3 Å². The van der Waals surface area contributed by atoms with Crippen molar-refractivity contribution in [2.75, 3.05) is 0 Å². The van der Waals surface area contributed by atoms with Crippen LogP contribution in [0.15, 0.2) is 24.3 Å². The number of hydrogen-bond donors (Lipinski definition) is 2. The lowest BCUT2D eigenvalue weighted by Crippen LogP contribution is -2.41. The number of carbonyl (C=O) groups is 2. The van der Waals surface area contributed by atoms with E-state index in [4.69, 9.17) is 15.6 Å². The highest BCUT2D eigenvalue weighted by Gasteiger charge is 2.22. The number of amides is 1. The average molecular weight is 271 g/mol. The van der Waals surface area contributed by atoms with Gasteiger partial charge in [-0.2, -0.15) is 10.5 Å². The van der Waals surface area contributed by atoms with E-state index in [0.717, 1.165) is 0 Å². The summed E-state index contributed by atoms with van der Waals surface area (Å²) in [6.45, 7) is 1.59. The van der Waals surface area contributed by atoms with Crippen molar-refractivity contribution in [1.29, 1.82) is 10.5 Å². The molecule has 6 heteroatoms. The smallest absolute Gasteiger partial charge is 0.326 e. The summed E-state index contributed by atoms with van der Waals surface area (Å²) in [5.41, 5.74) is 0.675. The minimum absolute atomic E-state index is 0.0356. The van der Waals surface area contributed by atoms with E-state index in [1.54, 1.807) is 6.92 Å². The van der Waals surface area contributed by atoms with Crippen molar-refractivity contribution in [3.8, 4) is 12.1 Å². The molecule has 1 aromatic carbocycles. The van der Waals surface area contributed by atoms with Gasteiger partial charge in [-0.05, 0) is 37.6 Å². The number of hydrogen-bond acceptors (Lipinski definition) is 4. The van der Waals surface area contributed by atoms with Gasteiger partial charge in [0.2, 0.25) is 0 Å². The molecule has 0 aromatic heterocycles. The molecule has 2 N–H and O–H groups in total. The molecule has 0 radical (unpaired) electrons. The maximum atomic E-state index is 11.9. The molecule has 0 fully saturated rings. The number of carbonyl (C=O) groups excluding carboxylic acids is 1. The fourth-order valence-electron chi connectivity index (χ4n) is 1.57. The van der Waals surface area contributed by atoms with Crippen LogP contribution in [-0.4, -0.2) is 23.0 Å². The second-order valence-corrected chi connectivity index (χ2v) is 4.32. The summed E-state index contributed by atoms with van der Waals surface area (Å²) in [6, 6.07) is 8.57. The molecular weight excluding hydrogens is 258 g/mol. The van der Waals surface area contributed by atoms with Gasteiger partial charge in [0.15, 0.2) is 0 Å². The molecular formula is C14H13N3O3. The van der Waals surface area contributed by atoms with Gasteiger partial charge < -0.3 is 10.4 Å². The summed E-state index contributed by atoms with van der Waals surface area (Å²) in [5, 5.41) is 28.7. The van der Waals surface area contributed by atoms with Gasteiger partial charge in [0, 0.05) is 11.5 Å². The number of rotatable bonds is 5. The standard InChI is InChI=1S/C14H13N3O3/c1-9(7-15)6-12(14(19)20)17-13(18)11-4-2-10(8-16)3-5-11/h2-5,9,12H,6H2,1H3,(H,17,18)(H,19,20)/t9-,12+/m1/s1. The Morgan fingerprint density at radius 3 is 2.35 bits per heavy atom. The SMILES string of the molecule is C[C@@H](C#N)C[C@H](NC(=O)c1ccc(C#N)cc1)C(=O)O. The van der Waals surface area contributed by atoms with Crippen LogP contribution in [0.2, 0.25) is 0 Å². The topological polar surface area (TPSA) is 114 Å². The minimum atomic E-state index is -1.19. The summed E-state index contributed by atoms with van der Waals surface area (Å²) >= 11 is 0. The van der Waals surface area contributed by atoms with Crippen LogP contribution in [0.1, 0.15) is 29.3 Å². The molecule has 0 saturated carbocycles. The number of nitriles is 2. The molecule has 0 aliphatic rings. The van der Waals surface area contributed by atoms with Gasteiger partial charge in [0.1, 0.15) is 6.04 Å². The third-order valence-electron chi connectivity index (χ3n) is 2.69. The van der Waals surface area contributed by atoms with Crippen molar-refractivity contribution in [3.63, 3.8) is 0 Å². The average Bonchev–Trinajstić information content (AvgIpc) is 2.46. The first-order valence-corrected chi connectivity index (χ1v) is 5.91. The van der Waals surface area contributed by atoms with Crippen LogP contribution in [0, 0.1) is 28.6 Å². The molecule has 0 heterocycles. The number of nitrogens with one attached hydrogen (secondary N) is 1. The van der Waals surface area contributed by atoms with Gasteiger partial charge in [-0.15, -0.1) is 0 Å². The second kappa shape index (κ2) is 6.91. The highest BCUT2D eigenvalue weighted by atomic mass is 16.4. The highest BCUT2D eigenvalue weighted by Crippen LogP contribution is 2.08. The van der Waals surface area contributed by atoms with Crippen LogP contribution in [-0.2, 0) is 4.79 Å². The Kier molecular flexibility index (Phi) is 5.25. The molecule has 102 valence electrons. The van der Waals surface area contributed by atoms with E-state index in [0.29, 0.717) is 5.56 Å². The van der Waals surface area contributed by atoms with Crippen LogP contribution >= 0.6 is 0 Å². The number of carboxylic acids is 1. The van der Waals surface area contributed by atoms with Crippen LogP contribution in [0.25, 0.3) is 0 Å². The molecule has 0 aliphatic heterocycles. The molecule has 0 saturated heterocycles. The molecule has 0 bridgehead atoms. The largest absolute Gasteiger partial charge is 0.480 e. The van der Waals surface area contributed by atoms with E-state index in [2.05, 4.69) is 5.32 Å². The van der Waals surface area contributed by atoms with Gasteiger partial charge in [-0.1, -0.05) is 0 Å². The van der Waals surface area contributed by atoms with Crippen molar-refractivity contribution in [2.24, 2.45) is 5.92 Å². The third kappa shape index (κ3) is 4.11. The Balaban J connectivity index is 2.78. The quantitative estimate of drug-likeness (QED) is 0.837. The molecule has 20 heavy (non-hydrogen) atoms. The summed E-state index contributed by atoms with van der Waals surface area (Å²) in [5.74, 6) is -2.21. The molecule has 0 spiro atoms. The first kappa shape index (κ1) is 15.2. The van der Waals surface area contributed by atoms with Crippen molar-refractivity contribution >= 4 is 11.9 Å². The molecule has 1 aromatic rings. The van der Waals surface area contributed by atoms with Crippen molar-refractivity contribution in [1.82, 2.24) is 5.32 Å². The maximum Gasteiger partial charge on any atom is 0.326 e. The van der Waals surface area contributed by atoms with Crippen LogP contribution in [0.3, 0.4) is 0 Å². The van der Waals surface area contributed by atoms with E-state index < -0.39 is 23.8 Å². The Hall–Kier alpha value is -2.86. The Labute approximate surface area is 116 Å². The number of nitrogens with zero attached hydrogens (tertiary/aromatic N) is 2. The van der Waals surface area contributed by atoms with Gasteiger partial charge in [-0.3, -0.25) is 4.79 Å². The maximum absolute atomic E-state index is 11.9. The van der Waals surface area contributed by atoms with Crippen LogP contribution in [0.5, 0.6) is 0 Å². The summed E-state index contributed by atoms with van der Waals surface area (Å²) in [6.07, 6.45) is 0.0356. The van der Waals surface area contributed by atoms with Gasteiger partial charge in [0.05, 0.1) is 17.7 Å².